The van der Waals surface area contributed by atoms with Gasteiger partial charge in [0.1, 0.15) is 0 Å². The molecular formula is C11H14ClN3O5S2. The Morgan fingerprint density at radius 1 is 1.41 bits per heavy atom. The summed E-state index contributed by atoms with van der Waals surface area (Å²) in [4.78, 5) is 23.8. The number of likely N-dealkylation sites (tertiary alicyclic amines) is 1. The van der Waals surface area contributed by atoms with Gasteiger partial charge in [0.2, 0.25) is 10.0 Å². The highest BCUT2D eigenvalue weighted by Crippen LogP contribution is 2.20. The molecule has 1 aliphatic heterocycles. The Morgan fingerprint density at radius 3 is 2.64 bits per heavy atom. The van der Waals surface area contributed by atoms with E-state index in [1.165, 1.54) is 0 Å². The van der Waals surface area contributed by atoms with E-state index >= 15 is 0 Å². The zero-order chi connectivity index (χ0) is 16.3. The van der Waals surface area contributed by atoms with Crippen LogP contribution >= 0.6 is 22.9 Å². The number of rotatable bonds is 6. The van der Waals surface area contributed by atoms with Crippen LogP contribution in [-0.4, -0.2) is 61.9 Å². The van der Waals surface area contributed by atoms with Crippen LogP contribution < -0.4 is 10.0 Å². The average Bonchev–Trinajstić information content (AvgIpc) is 2.79. The molecule has 1 aromatic rings. The van der Waals surface area contributed by atoms with Crippen molar-refractivity contribution in [2.24, 2.45) is 0 Å². The first-order chi connectivity index (χ1) is 10.3. The van der Waals surface area contributed by atoms with Gasteiger partial charge in [-0.2, -0.15) is 0 Å². The largest absolute Gasteiger partial charge is 0.465 e. The summed E-state index contributed by atoms with van der Waals surface area (Å²) in [7, 11) is -3.57. The predicted octanol–water partition coefficient (Wildman–Crippen LogP) is 0.413. The first-order valence-electron chi connectivity index (χ1n) is 6.28. The van der Waals surface area contributed by atoms with Crippen molar-refractivity contribution >= 4 is 45.0 Å². The molecule has 0 unspecified atom stereocenters. The quantitative estimate of drug-likeness (QED) is 0.673. The molecule has 11 heteroatoms. The third kappa shape index (κ3) is 4.57. The minimum Gasteiger partial charge on any atom is -0.465 e. The molecule has 0 aliphatic carbocycles. The van der Waals surface area contributed by atoms with Crippen LogP contribution in [0.3, 0.4) is 0 Å². The molecule has 0 saturated carbocycles. The Morgan fingerprint density at radius 2 is 2.09 bits per heavy atom. The Balaban J connectivity index is 1.72. The molecule has 0 aromatic carbocycles. The molecule has 122 valence electrons. The summed E-state index contributed by atoms with van der Waals surface area (Å²) in [5.74, 6) is -0.658. The van der Waals surface area contributed by atoms with Crippen molar-refractivity contribution in [3.63, 3.8) is 0 Å². The smallest absolute Gasteiger partial charge is 0.407 e. The van der Waals surface area contributed by atoms with Gasteiger partial charge in [0.25, 0.3) is 5.91 Å². The van der Waals surface area contributed by atoms with E-state index in [0.717, 1.165) is 16.2 Å². The van der Waals surface area contributed by atoms with Gasteiger partial charge in [0.15, 0.2) is 0 Å². The highest BCUT2D eigenvalue weighted by atomic mass is 35.5. The van der Waals surface area contributed by atoms with Gasteiger partial charge in [-0.05, 0) is 12.1 Å². The van der Waals surface area contributed by atoms with Crippen LogP contribution in [0.25, 0.3) is 0 Å². The molecule has 0 bridgehead atoms. The molecule has 0 spiro atoms. The van der Waals surface area contributed by atoms with Crippen LogP contribution in [0, 0.1) is 0 Å². The SMILES string of the molecule is O=C(NCCS(=O)(=O)NC1CN(C(=O)O)C1)c1ccc(Cl)s1. The zero-order valence-corrected chi connectivity index (χ0v) is 13.7. The van der Waals surface area contributed by atoms with E-state index in [9.17, 15) is 18.0 Å². The van der Waals surface area contributed by atoms with Crippen LogP contribution in [0.1, 0.15) is 9.67 Å². The third-order valence-corrected chi connectivity index (χ3v) is 5.62. The van der Waals surface area contributed by atoms with Gasteiger partial charge in [0, 0.05) is 19.6 Å². The van der Waals surface area contributed by atoms with Gasteiger partial charge >= 0.3 is 6.09 Å². The number of hydrogen-bond acceptors (Lipinski definition) is 5. The fourth-order valence-corrected chi connectivity index (χ4v) is 3.95. The maximum absolute atomic E-state index is 11.8. The minimum absolute atomic E-state index is 0.0426. The van der Waals surface area contributed by atoms with Crippen molar-refractivity contribution in [1.82, 2.24) is 14.9 Å². The number of hydrogen-bond donors (Lipinski definition) is 3. The van der Waals surface area contributed by atoms with Crippen LogP contribution in [0.4, 0.5) is 4.79 Å². The lowest BCUT2D eigenvalue weighted by Crippen LogP contribution is -2.61. The molecule has 2 amide bonds. The lowest BCUT2D eigenvalue weighted by atomic mass is 10.1. The predicted molar refractivity (Wildman–Crippen MR) is 82.0 cm³/mol. The summed E-state index contributed by atoms with van der Waals surface area (Å²) in [6, 6.07) is 2.74. The van der Waals surface area contributed by atoms with Crippen LogP contribution in [0.5, 0.6) is 0 Å². The molecule has 2 rings (SSSR count). The first-order valence-corrected chi connectivity index (χ1v) is 9.13. The van der Waals surface area contributed by atoms with E-state index in [4.69, 9.17) is 16.7 Å². The second-order valence-electron chi connectivity index (χ2n) is 4.68. The fourth-order valence-electron chi connectivity index (χ4n) is 1.84. The highest BCUT2D eigenvalue weighted by molar-refractivity contribution is 7.89. The van der Waals surface area contributed by atoms with Crippen LogP contribution in [0.15, 0.2) is 12.1 Å². The first kappa shape index (κ1) is 17.0. The van der Waals surface area contributed by atoms with Crippen LogP contribution in [0.2, 0.25) is 4.34 Å². The van der Waals surface area contributed by atoms with Crippen molar-refractivity contribution in [2.45, 2.75) is 6.04 Å². The average molecular weight is 368 g/mol. The van der Waals surface area contributed by atoms with Gasteiger partial charge in [-0.1, -0.05) is 11.6 Å². The van der Waals surface area contributed by atoms with Gasteiger partial charge in [-0.25, -0.2) is 17.9 Å². The molecule has 0 radical (unpaired) electrons. The number of carbonyl (C=O) groups excluding carboxylic acids is 1. The van der Waals surface area contributed by atoms with E-state index in [2.05, 4.69) is 10.0 Å². The molecule has 2 heterocycles. The maximum atomic E-state index is 11.8. The summed E-state index contributed by atoms with van der Waals surface area (Å²) in [5, 5.41) is 11.1. The van der Waals surface area contributed by atoms with Crippen molar-refractivity contribution < 1.29 is 23.1 Å². The van der Waals surface area contributed by atoms with E-state index in [1.54, 1.807) is 12.1 Å². The lowest BCUT2D eigenvalue weighted by Gasteiger charge is -2.37. The zero-order valence-electron chi connectivity index (χ0n) is 11.3. The number of nitrogens with zero attached hydrogens (tertiary/aromatic N) is 1. The van der Waals surface area contributed by atoms with Crippen LogP contribution in [-0.2, 0) is 10.0 Å². The van der Waals surface area contributed by atoms with E-state index in [0.29, 0.717) is 9.21 Å². The van der Waals surface area contributed by atoms with Gasteiger partial charge in [-0.15, -0.1) is 11.3 Å². The van der Waals surface area contributed by atoms with Crippen molar-refractivity contribution in [3.8, 4) is 0 Å². The third-order valence-electron chi connectivity index (χ3n) is 2.95. The second kappa shape index (κ2) is 6.82. The Bertz CT molecular complexity index is 669. The highest BCUT2D eigenvalue weighted by Gasteiger charge is 2.33. The second-order valence-corrected chi connectivity index (χ2v) is 8.27. The standard InChI is InChI=1S/C11H14ClN3O5S2/c12-9-2-1-8(21-9)10(16)13-3-4-22(19,20)14-7-5-15(6-7)11(17)18/h1-2,7,14H,3-6H2,(H,13,16)(H,17,18). The molecule has 8 nitrogen and oxygen atoms in total. The fraction of sp³-hybridized carbons (Fsp3) is 0.455. The summed E-state index contributed by atoms with van der Waals surface area (Å²) in [6.45, 7) is 0.224. The number of carbonyl (C=O) groups is 2. The molecule has 1 fully saturated rings. The van der Waals surface area contributed by atoms with Gasteiger partial charge in [-0.3, -0.25) is 4.79 Å². The molecule has 0 atom stereocenters. The number of nitrogens with one attached hydrogen (secondary N) is 2. The maximum Gasteiger partial charge on any atom is 0.407 e. The van der Waals surface area contributed by atoms with E-state index < -0.39 is 22.2 Å². The topological polar surface area (TPSA) is 116 Å². The Kier molecular flexibility index (Phi) is 5.27. The molecule has 22 heavy (non-hydrogen) atoms. The molecular weight excluding hydrogens is 354 g/mol. The van der Waals surface area contributed by atoms with Gasteiger partial charge in [0.05, 0.1) is 21.0 Å². The number of carboxylic acid groups (broad SMARTS) is 1. The summed E-state index contributed by atoms with van der Waals surface area (Å²) < 4.78 is 26.4. The minimum atomic E-state index is -3.57. The number of sulfonamides is 1. The molecule has 1 saturated heterocycles. The van der Waals surface area contributed by atoms with Crippen molar-refractivity contribution in [3.05, 3.63) is 21.3 Å². The summed E-state index contributed by atoms with van der Waals surface area (Å²) in [6.07, 6.45) is -1.07. The van der Waals surface area contributed by atoms with Crippen molar-refractivity contribution in [1.29, 1.82) is 0 Å². The molecule has 3 N–H and O–H groups in total. The molecule has 1 aromatic heterocycles. The van der Waals surface area contributed by atoms with E-state index in [1.807, 2.05) is 0 Å². The monoisotopic (exact) mass is 367 g/mol. The van der Waals surface area contributed by atoms with Gasteiger partial charge < -0.3 is 15.3 Å². The number of thiophene rings is 1. The Labute approximate surface area is 136 Å². The molecule has 1 aliphatic rings. The lowest BCUT2D eigenvalue weighted by molar-refractivity contribution is 0.0958. The summed E-state index contributed by atoms with van der Waals surface area (Å²) >= 11 is 6.82. The Hall–Kier alpha value is -1.36. The summed E-state index contributed by atoms with van der Waals surface area (Å²) in [5.41, 5.74) is 0. The van der Waals surface area contributed by atoms with E-state index in [-0.39, 0.29) is 31.3 Å². The van der Waals surface area contributed by atoms with Crippen molar-refractivity contribution in [2.75, 3.05) is 25.4 Å². The normalized spacial score (nSPS) is 15.4. The number of amides is 2. The number of halogens is 1.